The van der Waals surface area contributed by atoms with E-state index in [-0.39, 0.29) is 11.9 Å². The first-order chi connectivity index (χ1) is 10.3. The first-order valence-corrected chi connectivity index (χ1v) is 7.42. The van der Waals surface area contributed by atoms with Crippen molar-refractivity contribution in [1.82, 2.24) is 14.5 Å². The molecule has 0 aliphatic carbocycles. The van der Waals surface area contributed by atoms with Crippen LogP contribution < -0.4 is 4.90 Å². The van der Waals surface area contributed by atoms with Crippen LogP contribution in [0.15, 0.2) is 42.9 Å². The number of para-hydroxylation sites is 1. The summed E-state index contributed by atoms with van der Waals surface area (Å²) in [4.78, 5) is 21.1. The molecule has 1 amide bonds. The van der Waals surface area contributed by atoms with Crippen LogP contribution in [0.25, 0.3) is 0 Å². The van der Waals surface area contributed by atoms with Crippen molar-refractivity contribution < 1.29 is 4.79 Å². The van der Waals surface area contributed by atoms with Crippen molar-refractivity contribution in [2.45, 2.75) is 25.6 Å². The number of imidazole rings is 1. The van der Waals surface area contributed by atoms with Gasteiger partial charge in [-0.3, -0.25) is 9.69 Å². The zero-order valence-corrected chi connectivity index (χ0v) is 11.9. The lowest BCUT2D eigenvalue weighted by Crippen LogP contribution is -2.45. The Bertz CT molecular complexity index is 651. The van der Waals surface area contributed by atoms with Crippen LogP contribution in [0.3, 0.4) is 0 Å². The molecule has 2 aliphatic rings. The van der Waals surface area contributed by atoms with Gasteiger partial charge in [0.2, 0.25) is 5.91 Å². The smallest absolute Gasteiger partial charge is 0.244 e. The second-order valence-electron chi connectivity index (χ2n) is 5.68. The van der Waals surface area contributed by atoms with Crippen LogP contribution in [0.1, 0.15) is 12.1 Å². The van der Waals surface area contributed by atoms with Crippen molar-refractivity contribution in [2.75, 3.05) is 18.0 Å². The van der Waals surface area contributed by atoms with Crippen LogP contribution in [-0.4, -0.2) is 39.5 Å². The summed E-state index contributed by atoms with van der Waals surface area (Å²) in [5.74, 6) is 0.231. The SMILES string of the molecule is O=C1[C@H](N2CCn3cncc3C2)CCN1c1ccccc1. The molecule has 0 bridgehead atoms. The van der Waals surface area contributed by atoms with Crippen LogP contribution in [0, 0.1) is 0 Å². The summed E-state index contributed by atoms with van der Waals surface area (Å²) < 4.78 is 2.17. The summed E-state index contributed by atoms with van der Waals surface area (Å²) in [5.41, 5.74) is 2.21. The van der Waals surface area contributed by atoms with Crippen LogP contribution in [0.5, 0.6) is 0 Å². The number of aromatic nitrogens is 2. The molecule has 2 aromatic rings. The molecule has 0 spiro atoms. The van der Waals surface area contributed by atoms with Gasteiger partial charge in [-0.25, -0.2) is 4.98 Å². The highest BCUT2D eigenvalue weighted by Crippen LogP contribution is 2.26. The molecule has 1 aromatic heterocycles. The average molecular weight is 282 g/mol. The number of rotatable bonds is 2. The molecule has 5 nitrogen and oxygen atoms in total. The van der Waals surface area contributed by atoms with E-state index in [9.17, 15) is 4.79 Å². The van der Waals surface area contributed by atoms with Gasteiger partial charge in [-0.2, -0.15) is 0 Å². The van der Waals surface area contributed by atoms with E-state index in [1.165, 1.54) is 5.69 Å². The third kappa shape index (κ3) is 2.14. The average Bonchev–Trinajstić information content (AvgIpc) is 3.13. The van der Waals surface area contributed by atoms with E-state index in [2.05, 4.69) is 14.5 Å². The molecule has 0 N–H and O–H groups in total. The zero-order valence-electron chi connectivity index (χ0n) is 11.9. The van der Waals surface area contributed by atoms with Crippen molar-refractivity contribution in [1.29, 1.82) is 0 Å². The van der Waals surface area contributed by atoms with E-state index in [1.807, 2.05) is 47.8 Å². The number of amides is 1. The Kier molecular flexibility index (Phi) is 3.00. The first kappa shape index (κ1) is 12.6. The van der Waals surface area contributed by atoms with Gasteiger partial charge in [0.25, 0.3) is 0 Å². The van der Waals surface area contributed by atoms with Gasteiger partial charge in [0.1, 0.15) is 0 Å². The fourth-order valence-electron chi connectivity index (χ4n) is 3.34. The van der Waals surface area contributed by atoms with Gasteiger partial charge in [0.15, 0.2) is 0 Å². The summed E-state index contributed by atoms with van der Waals surface area (Å²) in [6.45, 7) is 3.47. The van der Waals surface area contributed by atoms with Crippen molar-refractivity contribution in [2.24, 2.45) is 0 Å². The number of hydrogen-bond acceptors (Lipinski definition) is 3. The van der Waals surface area contributed by atoms with Gasteiger partial charge in [0, 0.05) is 38.1 Å². The summed E-state index contributed by atoms with van der Waals surface area (Å²) in [5, 5.41) is 0. The minimum atomic E-state index is 0.00820. The minimum absolute atomic E-state index is 0.00820. The topological polar surface area (TPSA) is 41.4 Å². The molecule has 1 atom stereocenters. The summed E-state index contributed by atoms with van der Waals surface area (Å²) >= 11 is 0. The fourth-order valence-corrected chi connectivity index (χ4v) is 3.34. The number of nitrogens with zero attached hydrogens (tertiary/aromatic N) is 4. The Morgan fingerprint density at radius 1 is 1.10 bits per heavy atom. The van der Waals surface area contributed by atoms with Crippen molar-refractivity contribution in [3.8, 4) is 0 Å². The molecule has 1 fully saturated rings. The molecular formula is C16H18N4O. The molecule has 0 saturated carbocycles. The summed E-state index contributed by atoms with van der Waals surface area (Å²) in [6, 6.07) is 9.96. The minimum Gasteiger partial charge on any atom is -0.332 e. The number of benzene rings is 1. The van der Waals surface area contributed by atoms with Crippen LogP contribution in [-0.2, 0) is 17.9 Å². The molecule has 5 heteroatoms. The summed E-state index contributed by atoms with van der Waals surface area (Å²) in [7, 11) is 0. The van der Waals surface area contributed by atoms with Crippen LogP contribution in [0.4, 0.5) is 5.69 Å². The number of carbonyl (C=O) groups excluding carboxylic acids is 1. The predicted molar refractivity (Wildman–Crippen MR) is 79.8 cm³/mol. The maximum Gasteiger partial charge on any atom is 0.244 e. The van der Waals surface area contributed by atoms with Gasteiger partial charge >= 0.3 is 0 Å². The van der Waals surface area contributed by atoms with Crippen LogP contribution in [0.2, 0.25) is 0 Å². The van der Waals surface area contributed by atoms with E-state index >= 15 is 0 Å². The molecule has 0 unspecified atom stereocenters. The normalized spacial score (nSPS) is 22.6. The molecule has 4 rings (SSSR count). The maximum absolute atomic E-state index is 12.7. The Labute approximate surface area is 123 Å². The number of anilines is 1. The monoisotopic (exact) mass is 282 g/mol. The highest BCUT2D eigenvalue weighted by molar-refractivity contribution is 5.99. The Hall–Kier alpha value is -2.14. The molecular weight excluding hydrogens is 264 g/mol. The van der Waals surface area contributed by atoms with Crippen molar-refractivity contribution in [3.63, 3.8) is 0 Å². The lowest BCUT2D eigenvalue weighted by atomic mass is 10.1. The number of fused-ring (bicyclic) bond motifs is 1. The van der Waals surface area contributed by atoms with Gasteiger partial charge < -0.3 is 9.47 Å². The molecule has 1 aromatic carbocycles. The predicted octanol–water partition coefficient (Wildman–Crippen LogP) is 1.50. The van der Waals surface area contributed by atoms with E-state index < -0.39 is 0 Å². The lowest BCUT2D eigenvalue weighted by Gasteiger charge is -2.32. The molecule has 3 heterocycles. The molecule has 2 aliphatic heterocycles. The highest BCUT2D eigenvalue weighted by Gasteiger charge is 2.37. The Balaban J connectivity index is 1.52. The van der Waals surface area contributed by atoms with Gasteiger partial charge in [0.05, 0.1) is 18.1 Å². The third-order valence-electron chi connectivity index (χ3n) is 4.48. The van der Waals surface area contributed by atoms with Crippen LogP contribution >= 0.6 is 0 Å². The number of hydrogen-bond donors (Lipinski definition) is 0. The van der Waals surface area contributed by atoms with Gasteiger partial charge in [-0.1, -0.05) is 18.2 Å². The van der Waals surface area contributed by atoms with E-state index in [4.69, 9.17) is 0 Å². The first-order valence-electron chi connectivity index (χ1n) is 7.42. The molecule has 0 radical (unpaired) electrons. The van der Waals surface area contributed by atoms with E-state index in [0.29, 0.717) is 0 Å². The Morgan fingerprint density at radius 3 is 2.81 bits per heavy atom. The van der Waals surface area contributed by atoms with Gasteiger partial charge in [-0.15, -0.1) is 0 Å². The second kappa shape index (κ2) is 5.00. The fraction of sp³-hybridized carbons (Fsp3) is 0.375. The zero-order chi connectivity index (χ0) is 14.2. The Morgan fingerprint density at radius 2 is 1.95 bits per heavy atom. The van der Waals surface area contributed by atoms with Gasteiger partial charge in [-0.05, 0) is 18.6 Å². The third-order valence-corrected chi connectivity index (χ3v) is 4.48. The number of carbonyl (C=O) groups is 1. The van der Waals surface area contributed by atoms with E-state index in [1.54, 1.807) is 0 Å². The molecule has 21 heavy (non-hydrogen) atoms. The summed E-state index contributed by atoms with van der Waals surface area (Å²) in [6.07, 6.45) is 4.68. The maximum atomic E-state index is 12.7. The van der Waals surface area contributed by atoms with Crippen molar-refractivity contribution >= 4 is 11.6 Å². The quantitative estimate of drug-likeness (QED) is 0.838. The lowest BCUT2D eigenvalue weighted by molar-refractivity contribution is -0.122. The van der Waals surface area contributed by atoms with Crippen molar-refractivity contribution in [3.05, 3.63) is 48.5 Å². The molecule has 1 saturated heterocycles. The standard InChI is InChI=1S/C16H18N4O/c21-16-15(6-7-20(16)13-4-2-1-3-5-13)18-8-9-19-12-17-10-14(19)11-18/h1-5,10,12,15H,6-9,11H2/t15-/m1/s1. The second-order valence-corrected chi connectivity index (χ2v) is 5.68. The highest BCUT2D eigenvalue weighted by atomic mass is 16.2. The molecule has 108 valence electrons. The largest absolute Gasteiger partial charge is 0.332 e. The van der Waals surface area contributed by atoms with E-state index in [0.717, 1.165) is 38.3 Å².